The van der Waals surface area contributed by atoms with E-state index < -0.39 is 0 Å². The lowest BCUT2D eigenvalue weighted by Gasteiger charge is -2.17. The quantitative estimate of drug-likeness (QED) is 0.455. The first-order valence-electron chi connectivity index (χ1n) is 11.2. The standard InChI is InChI=1S/C24H23N9/c1-4-20-28-21-13(2)11-14(3)26-24(21)33(20)19-10-9-18-17(19)12-25-22(27-18)15-7-5-6-8-16(15)23-29-31-32-30-23/h5-8,11-12,19H,4,9-10H2,1-3H3,(H,29,30,31,32). The number of aryl methyl sites for hydroxylation is 4. The molecule has 9 heteroatoms. The molecule has 1 aliphatic rings. The van der Waals surface area contributed by atoms with Gasteiger partial charge < -0.3 is 4.57 Å². The number of benzene rings is 1. The minimum atomic E-state index is 0.134. The number of nitrogens with zero attached hydrogens (tertiary/aromatic N) is 8. The molecule has 0 radical (unpaired) electrons. The maximum Gasteiger partial charge on any atom is 0.205 e. The molecule has 1 atom stereocenters. The molecule has 1 unspecified atom stereocenters. The molecule has 0 spiro atoms. The summed E-state index contributed by atoms with van der Waals surface area (Å²) in [6.07, 6.45) is 4.65. The van der Waals surface area contributed by atoms with Crippen LogP contribution in [-0.4, -0.2) is 45.1 Å². The van der Waals surface area contributed by atoms with Crippen LogP contribution in [0.5, 0.6) is 0 Å². The van der Waals surface area contributed by atoms with Gasteiger partial charge >= 0.3 is 0 Å². The van der Waals surface area contributed by atoms with Crippen molar-refractivity contribution in [1.82, 2.24) is 45.1 Å². The number of hydrogen-bond donors (Lipinski definition) is 1. The molecule has 0 aliphatic heterocycles. The summed E-state index contributed by atoms with van der Waals surface area (Å²) in [7, 11) is 0. The molecule has 5 aromatic rings. The van der Waals surface area contributed by atoms with E-state index in [-0.39, 0.29) is 6.04 Å². The molecule has 9 nitrogen and oxygen atoms in total. The van der Waals surface area contributed by atoms with Crippen LogP contribution >= 0.6 is 0 Å². The summed E-state index contributed by atoms with van der Waals surface area (Å²) in [6.45, 7) is 6.28. The van der Waals surface area contributed by atoms with E-state index in [4.69, 9.17) is 19.9 Å². The Morgan fingerprint density at radius 3 is 2.64 bits per heavy atom. The van der Waals surface area contributed by atoms with Crippen molar-refractivity contribution in [2.24, 2.45) is 0 Å². The van der Waals surface area contributed by atoms with Crippen molar-refractivity contribution < 1.29 is 0 Å². The number of pyridine rings is 1. The minimum absolute atomic E-state index is 0.134. The number of aromatic nitrogens is 9. The molecule has 6 rings (SSSR count). The summed E-state index contributed by atoms with van der Waals surface area (Å²) in [5, 5.41) is 14.5. The molecule has 0 amide bonds. The molecular weight excluding hydrogens is 414 g/mol. The third-order valence-electron chi connectivity index (χ3n) is 6.34. The van der Waals surface area contributed by atoms with E-state index in [9.17, 15) is 0 Å². The highest BCUT2D eigenvalue weighted by molar-refractivity contribution is 5.77. The lowest BCUT2D eigenvalue weighted by Crippen LogP contribution is -2.12. The molecule has 1 aromatic carbocycles. The van der Waals surface area contributed by atoms with E-state index >= 15 is 0 Å². The number of nitrogens with one attached hydrogen (secondary N) is 1. The van der Waals surface area contributed by atoms with Gasteiger partial charge in [-0.05, 0) is 43.5 Å². The molecule has 0 bridgehead atoms. The Hall–Kier alpha value is -4.01. The Bertz CT molecular complexity index is 1480. The first-order valence-corrected chi connectivity index (χ1v) is 11.2. The first kappa shape index (κ1) is 19.7. The molecule has 0 saturated carbocycles. The van der Waals surface area contributed by atoms with Gasteiger partial charge in [-0.2, -0.15) is 5.21 Å². The Labute approximate surface area is 190 Å². The normalized spacial score (nSPS) is 15.3. The number of tetrazole rings is 1. The maximum absolute atomic E-state index is 4.97. The SMILES string of the molecule is CCc1nc2c(C)cc(C)nc2n1C1CCc2nc(-c3ccccc3-c3nn[nH]n3)ncc21. The number of H-pyrrole nitrogens is 1. The molecule has 1 N–H and O–H groups in total. The maximum atomic E-state index is 4.97. The molecular formula is C24H23N9. The van der Waals surface area contributed by atoms with Crippen LogP contribution in [-0.2, 0) is 12.8 Å². The van der Waals surface area contributed by atoms with Gasteiger partial charge in [0.2, 0.25) is 5.82 Å². The number of hydrogen-bond acceptors (Lipinski definition) is 7. The summed E-state index contributed by atoms with van der Waals surface area (Å²) in [4.78, 5) is 19.5. The lowest BCUT2D eigenvalue weighted by atomic mass is 10.1. The smallest absolute Gasteiger partial charge is 0.205 e. The predicted molar refractivity (Wildman–Crippen MR) is 123 cm³/mol. The van der Waals surface area contributed by atoms with Crippen LogP contribution in [0.15, 0.2) is 36.5 Å². The zero-order valence-electron chi connectivity index (χ0n) is 18.7. The van der Waals surface area contributed by atoms with Crippen molar-refractivity contribution in [2.45, 2.75) is 46.1 Å². The first-order chi connectivity index (χ1) is 16.1. The van der Waals surface area contributed by atoms with Gasteiger partial charge in [-0.1, -0.05) is 31.2 Å². The van der Waals surface area contributed by atoms with E-state index in [0.29, 0.717) is 11.6 Å². The number of rotatable bonds is 4. The summed E-state index contributed by atoms with van der Waals surface area (Å²) in [6, 6.07) is 10.1. The van der Waals surface area contributed by atoms with Gasteiger partial charge in [-0.25, -0.2) is 19.9 Å². The Kier molecular flexibility index (Phi) is 4.49. The zero-order chi connectivity index (χ0) is 22.5. The predicted octanol–water partition coefficient (Wildman–Crippen LogP) is 3.78. The van der Waals surface area contributed by atoms with E-state index in [0.717, 1.165) is 69.9 Å². The number of fused-ring (bicyclic) bond motifs is 2. The lowest BCUT2D eigenvalue weighted by molar-refractivity contribution is 0.565. The van der Waals surface area contributed by atoms with Gasteiger partial charge in [0, 0.05) is 40.7 Å². The van der Waals surface area contributed by atoms with Gasteiger partial charge in [-0.3, -0.25) is 0 Å². The highest BCUT2D eigenvalue weighted by atomic mass is 15.5. The van der Waals surface area contributed by atoms with E-state index in [2.05, 4.69) is 45.1 Å². The van der Waals surface area contributed by atoms with Gasteiger partial charge in [-0.15, -0.1) is 10.2 Å². The summed E-state index contributed by atoms with van der Waals surface area (Å²) in [5.74, 6) is 2.25. The van der Waals surface area contributed by atoms with Crippen LogP contribution in [0.3, 0.4) is 0 Å². The molecule has 1 aliphatic carbocycles. The van der Waals surface area contributed by atoms with Crippen molar-refractivity contribution in [1.29, 1.82) is 0 Å². The van der Waals surface area contributed by atoms with Crippen LogP contribution in [0, 0.1) is 13.8 Å². The molecule has 164 valence electrons. The van der Waals surface area contributed by atoms with Crippen LogP contribution in [0.1, 0.15) is 47.7 Å². The van der Waals surface area contributed by atoms with Gasteiger partial charge in [0.25, 0.3) is 0 Å². The van der Waals surface area contributed by atoms with E-state index in [1.807, 2.05) is 37.4 Å². The highest BCUT2D eigenvalue weighted by Gasteiger charge is 2.30. The third kappa shape index (κ3) is 3.11. The topological polar surface area (TPSA) is 111 Å². The molecule has 4 heterocycles. The molecule has 0 saturated heterocycles. The highest BCUT2D eigenvalue weighted by Crippen LogP contribution is 2.38. The van der Waals surface area contributed by atoms with Crippen molar-refractivity contribution in [2.75, 3.05) is 0 Å². The second-order valence-corrected chi connectivity index (χ2v) is 8.44. The minimum Gasteiger partial charge on any atom is -0.305 e. The summed E-state index contributed by atoms with van der Waals surface area (Å²) in [5.41, 5.74) is 8.06. The monoisotopic (exact) mass is 437 g/mol. The summed E-state index contributed by atoms with van der Waals surface area (Å²) < 4.78 is 2.30. The van der Waals surface area contributed by atoms with Crippen LogP contribution in [0.25, 0.3) is 33.9 Å². The van der Waals surface area contributed by atoms with Crippen LogP contribution in [0.2, 0.25) is 0 Å². The molecule has 33 heavy (non-hydrogen) atoms. The Morgan fingerprint density at radius 1 is 1.06 bits per heavy atom. The molecule has 0 fully saturated rings. The number of imidazole rings is 1. The molecule has 4 aromatic heterocycles. The Balaban J connectivity index is 1.46. The average molecular weight is 438 g/mol. The average Bonchev–Trinajstić information content (AvgIpc) is 3.57. The zero-order valence-corrected chi connectivity index (χ0v) is 18.7. The third-order valence-corrected chi connectivity index (χ3v) is 6.34. The second-order valence-electron chi connectivity index (χ2n) is 8.44. The van der Waals surface area contributed by atoms with Crippen molar-refractivity contribution >= 4 is 11.2 Å². The van der Waals surface area contributed by atoms with Gasteiger partial charge in [0.15, 0.2) is 11.5 Å². The van der Waals surface area contributed by atoms with Crippen molar-refractivity contribution in [3.63, 3.8) is 0 Å². The van der Waals surface area contributed by atoms with Crippen LogP contribution in [0.4, 0.5) is 0 Å². The fraction of sp³-hybridized carbons (Fsp3) is 0.292. The van der Waals surface area contributed by atoms with Gasteiger partial charge in [0.05, 0.1) is 6.04 Å². The fourth-order valence-corrected chi connectivity index (χ4v) is 4.88. The largest absolute Gasteiger partial charge is 0.305 e. The Morgan fingerprint density at radius 2 is 1.88 bits per heavy atom. The van der Waals surface area contributed by atoms with Crippen molar-refractivity contribution in [3.05, 3.63) is 64.9 Å². The summed E-state index contributed by atoms with van der Waals surface area (Å²) >= 11 is 0. The van der Waals surface area contributed by atoms with E-state index in [1.54, 1.807) is 0 Å². The second kappa shape index (κ2) is 7.54. The fourth-order valence-electron chi connectivity index (χ4n) is 4.88. The van der Waals surface area contributed by atoms with Crippen LogP contribution < -0.4 is 0 Å². The van der Waals surface area contributed by atoms with Crippen molar-refractivity contribution in [3.8, 4) is 22.8 Å². The number of aromatic amines is 1. The van der Waals surface area contributed by atoms with Gasteiger partial charge in [0.1, 0.15) is 11.3 Å². The van der Waals surface area contributed by atoms with E-state index in [1.165, 1.54) is 0 Å².